The number of allylic oxidation sites excluding steroid dienone is 1. The molecule has 1 atom stereocenters. The average molecular weight is 445 g/mol. The van der Waals surface area contributed by atoms with Gasteiger partial charge in [0.05, 0.1) is 5.75 Å². The molecule has 30 heavy (non-hydrogen) atoms. The maximum Gasteiger partial charge on any atom is 0.236 e. The lowest BCUT2D eigenvalue weighted by Gasteiger charge is -2.16. The van der Waals surface area contributed by atoms with Gasteiger partial charge in [0.1, 0.15) is 10.8 Å². The fourth-order valence-corrected chi connectivity index (χ4v) is 4.05. The third kappa shape index (κ3) is 5.45. The Morgan fingerprint density at radius 2 is 2.07 bits per heavy atom. The van der Waals surface area contributed by atoms with Crippen LogP contribution in [0.4, 0.5) is 5.13 Å². The number of ether oxygens (including phenoxy) is 1. The van der Waals surface area contributed by atoms with E-state index in [4.69, 9.17) is 4.74 Å². The van der Waals surface area contributed by atoms with Crippen molar-refractivity contribution >= 4 is 34.1 Å². The second kappa shape index (κ2) is 9.86. The van der Waals surface area contributed by atoms with E-state index in [1.54, 1.807) is 6.08 Å². The van der Waals surface area contributed by atoms with Gasteiger partial charge in [0, 0.05) is 6.54 Å². The minimum Gasteiger partial charge on any atom is -0.483 e. The van der Waals surface area contributed by atoms with Crippen LogP contribution < -0.4 is 10.1 Å². The summed E-state index contributed by atoms with van der Waals surface area (Å²) in [7, 11) is 0. The van der Waals surface area contributed by atoms with E-state index in [1.807, 2.05) is 36.6 Å². The van der Waals surface area contributed by atoms with Gasteiger partial charge in [-0.1, -0.05) is 35.2 Å². The summed E-state index contributed by atoms with van der Waals surface area (Å²) in [6, 6.07) is 5.99. The SMILES string of the molecule is C=CCn1c(SCC(=O)Nc2nnc(C)s2)nnc1C(C)Oc1ccc(C)c(C)c1. The molecule has 10 heteroatoms. The number of thioether (sulfide) groups is 1. The van der Waals surface area contributed by atoms with E-state index in [0.29, 0.717) is 22.7 Å². The first-order valence-electron chi connectivity index (χ1n) is 9.38. The molecule has 0 fully saturated rings. The maximum atomic E-state index is 12.2. The van der Waals surface area contributed by atoms with Crippen molar-refractivity contribution in [2.45, 2.75) is 45.5 Å². The highest BCUT2D eigenvalue weighted by Gasteiger charge is 2.20. The van der Waals surface area contributed by atoms with E-state index in [9.17, 15) is 4.79 Å². The van der Waals surface area contributed by atoms with Crippen molar-refractivity contribution in [1.29, 1.82) is 0 Å². The molecule has 1 aromatic carbocycles. The van der Waals surface area contributed by atoms with Gasteiger partial charge in [0.25, 0.3) is 0 Å². The molecule has 0 bridgehead atoms. The largest absolute Gasteiger partial charge is 0.483 e. The maximum absolute atomic E-state index is 12.2. The highest BCUT2D eigenvalue weighted by Crippen LogP contribution is 2.26. The average Bonchev–Trinajstić information content (AvgIpc) is 3.29. The Bertz CT molecular complexity index is 1050. The van der Waals surface area contributed by atoms with Gasteiger partial charge in [-0.05, 0) is 51.0 Å². The van der Waals surface area contributed by atoms with Gasteiger partial charge in [-0.2, -0.15) is 0 Å². The highest BCUT2D eigenvalue weighted by atomic mass is 32.2. The molecule has 0 spiro atoms. The molecule has 0 aliphatic heterocycles. The van der Waals surface area contributed by atoms with E-state index in [0.717, 1.165) is 10.8 Å². The number of aryl methyl sites for hydroxylation is 3. The summed E-state index contributed by atoms with van der Waals surface area (Å²) >= 11 is 2.63. The van der Waals surface area contributed by atoms with Gasteiger partial charge < -0.3 is 4.74 Å². The molecule has 0 aliphatic rings. The molecular formula is C20H24N6O2S2. The zero-order valence-corrected chi connectivity index (χ0v) is 19.0. The number of nitrogens with zero attached hydrogens (tertiary/aromatic N) is 5. The third-order valence-electron chi connectivity index (χ3n) is 4.32. The van der Waals surface area contributed by atoms with Crippen LogP contribution in [0.5, 0.6) is 5.75 Å². The van der Waals surface area contributed by atoms with Crippen LogP contribution in [0.3, 0.4) is 0 Å². The summed E-state index contributed by atoms with van der Waals surface area (Å²) in [5.74, 6) is 1.46. The first-order valence-corrected chi connectivity index (χ1v) is 11.2. The Morgan fingerprint density at radius 3 is 2.73 bits per heavy atom. The number of rotatable bonds is 9. The summed E-state index contributed by atoms with van der Waals surface area (Å²) in [5.41, 5.74) is 2.38. The van der Waals surface area contributed by atoms with Crippen molar-refractivity contribution < 1.29 is 9.53 Å². The van der Waals surface area contributed by atoms with Crippen LogP contribution in [0, 0.1) is 20.8 Å². The number of anilines is 1. The van der Waals surface area contributed by atoms with Gasteiger partial charge in [0.2, 0.25) is 11.0 Å². The van der Waals surface area contributed by atoms with Crippen LogP contribution in [0.1, 0.15) is 35.0 Å². The topological polar surface area (TPSA) is 94.8 Å². The number of aromatic nitrogens is 5. The van der Waals surface area contributed by atoms with E-state index in [2.05, 4.69) is 46.1 Å². The Labute approximate surface area is 183 Å². The van der Waals surface area contributed by atoms with Gasteiger partial charge in [-0.25, -0.2) is 0 Å². The predicted octanol–water partition coefficient (Wildman–Crippen LogP) is 4.11. The number of hydrogen-bond donors (Lipinski definition) is 1. The van der Waals surface area contributed by atoms with Crippen molar-refractivity contribution in [2.24, 2.45) is 0 Å². The molecule has 0 saturated carbocycles. The molecule has 3 rings (SSSR count). The van der Waals surface area contributed by atoms with Gasteiger partial charge >= 0.3 is 0 Å². The number of carbonyl (C=O) groups is 1. The molecule has 8 nitrogen and oxygen atoms in total. The molecule has 2 heterocycles. The van der Waals surface area contributed by atoms with E-state index in [1.165, 1.54) is 34.2 Å². The second-order valence-corrected chi connectivity index (χ2v) is 8.83. The van der Waals surface area contributed by atoms with Crippen molar-refractivity contribution in [3.63, 3.8) is 0 Å². The number of benzene rings is 1. The number of carbonyl (C=O) groups excluding carboxylic acids is 1. The molecule has 0 saturated heterocycles. The van der Waals surface area contributed by atoms with Crippen LogP contribution in [-0.2, 0) is 11.3 Å². The quantitative estimate of drug-likeness (QED) is 0.392. The second-order valence-electron chi connectivity index (χ2n) is 6.71. The van der Waals surface area contributed by atoms with Gasteiger partial charge in [-0.15, -0.1) is 27.0 Å². The standard InChI is InChI=1S/C20H24N6O2S2/c1-6-9-26-18(14(4)28-16-8-7-12(2)13(3)10-16)23-25-20(26)29-11-17(27)21-19-24-22-15(5)30-19/h6-8,10,14H,1,9,11H2,2-5H3,(H,21,24,27). The third-order valence-corrected chi connectivity index (χ3v) is 6.04. The zero-order chi connectivity index (χ0) is 21.7. The van der Waals surface area contributed by atoms with E-state index < -0.39 is 0 Å². The van der Waals surface area contributed by atoms with Crippen LogP contribution in [0.15, 0.2) is 36.0 Å². The Balaban J connectivity index is 1.68. The molecule has 1 N–H and O–H groups in total. The van der Waals surface area contributed by atoms with Crippen LogP contribution >= 0.6 is 23.1 Å². The number of hydrogen-bond acceptors (Lipinski definition) is 8. The zero-order valence-electron chi connectivity index (χ0n) is 17.4. The Morgan fingerprint density at radius 1 is 1.27 bits per heavy atom. The van der Waals surface area contributed by atoms with Crippen molar-refractivity contribution in [1.82, 2.24) is 25.0 Å². The molecule has 2 aromatic heterocycles. The van der Waals surface area contributed by atoms with Gasteiger partial charge in [-0.3, -0.25) is 14.7 Å². The predicted molar refractivity (Wildman–Crippen MR) is 119 cm³/mol. The summed E-state index contributed by atoms with van der Waals surface area (Å²) in [4.78, 5) is 12.2. The first kappa shape index (κ1) is 22.0. The van der Waals surface area contributed by atoms with Gasteiger partial charge in [0.15, 0.2) is 17.1 Å². The molecule has 0 radical (unpaired) electrons. The fraction of sp³-hybridized carbons (Fsp3) is 0.350. The monoisotopic (exact) mass is 444 g/mol. The Kier molecular flexibility index (Phi) is 7.22. The van der Waals surface area contributed by atoms with E-state index >= 15 is 0 Å². The highest BCUT2D eigenvalue weighted by molar-refractivity contribution is 7.99. The minimum absolute atomic E-state index is 0.176. The summed E-state index contributed by atoms with van der Waals surface area (Å²) in [6.07, 6.45) is 1.45. The molecule has 1 amide bonds. The summed E-state index contributed by atoms with van der Waals surface area (Å²) in [6.45, 7) is 12.2. The Hall–Kier alpha value is -2.72. The van der Waals surface area contributed by atoms with Crippen LogP contribution in [-0.4, -0.2) is 36.6 Å². The lowest BCUT2D eigenvalue weighted by molar-refractivity contribution is -0.113. The normalized spacial score (nSPS) is 11.9. The minimum atomic E-state index is -0.313. The molecule has 0 aliphatic carbocycles. The summed E-state index contributed by atoms with van der Waals surface area (Å²) in [5, 5.41) is 21.0. The first-order chi connectivity index (χ1) is 14.4. The van der Waals surface area contributed by atoms with Crippen molar-refractivity contribution in [3.05, 3.63) is 52.8 Å². The van der Waals surface area contributed by atoms with Crippen LogP contribution in [0.25, 0.3) is 0 Å². The molecule has 3 aromatic rings. The lowest BCUT2D eigenvalue weighted by Crippen LogP contribution is -2.15. The number of nitrogens with one attached hydrogen (secondary N) is 1. The van der Waals surface area contributed by atoms with E-state index in [-0.39, 0.29) is 17.8 Å². The number of amides is 1. The summed E-state index contributed by atoms with van der Waals surface area (Å²) < 4.78 is 7.99. The fourth-order valence-electron chi connectivity index (χ4n) is 2.68. The van der Waals surface area contributed by atoms with Crippen molar-refractivity contribution in [3.8, 4) is 5.75 Å². The molecule has 158 valence electrons. The smallest absolute Gasteiger partial charge is 0.236 e. The van der Waals surface area contributed by atoms with Crippen molar-refractivity contribution in [2.75, 3.05) is 11.1 Å². The van der Waals surface area contributed by atoms with Crippen LogP contribution in [0.2, 0.25) is 0 Å². The molecular weight excluding hydrogens is 420 g/mol. The lowest BCUT2D eigenvalue weighted by atomic mass is 10.1. The molecule has 1 unspecified atom stereocenters.